The molecule has 0 aliphatic heterocycles. The van der Waals surface area contributed by atoms with Crippen molar-refractivity contribution < 1.29 is 8.78 Å². The molecule has 2 nitrogen and oxygen atoms in total. The molecule has 62 valence electrons. The van der Waals surface area contributed by atoms with Crippen LogP contribution in [-0.2, 0) is 0 Å². The van der Waals surface area contributed by atoms with Crippen LogP contribution in [0.1, 0.15) is 17.8 Å². The first-order valence-corrected chi connectivity index (χ1v) is 4.07. The van der Waals surface area contributed by atoms with Crippen LogP contribution in [0.5, 0.6) is 0 Å². The van der Waals surface area contributed by atoms with Crippen LogP contribution in [0.15, 0.2) is 12.1 Å². The lowest BCUT2D eigenvalue weighted by atomic mass is 10.3. The molecule has 0 aliphatic carbocycles. The van der Waals surface area contributed by atoms with E-state index in [0.717, 1.165) is 0 Å². The molecule has 1 aromatic rings. The van der Waals surface area contributed by atoms with E-state index in [1.807, 2.05) is 22.6 Å². The Morgan fingerprint density at radius 1 is 1.50 bits per heavy atom. The van der Waals surface area contributed by atoms with Gasteiger partial charge in [0.05, 0.1) is 0 Å². The zero-order chi connectivity index (χ0) is 9.14. The molecule has 0 fully saturated rings. The first kappa shape index (κ1) is 9.32. The third kappa shape index (κ3) is 2.11. The second-order valence-corrected chi connectivity index (χ2v) is 3.25. The van der Waals surface area contributed by atoms with E-state index in [0.29, 0.717) is 3.57 Å². The number of halogens is 3. The molecule has 0 atom stereocenters. The maximum absolute atomic E-state index is 12.1. The Morgan fingerprint density at radius 2 is 2.17 bits per heavy atom. The van der Waals surface area contributed by atoms with E-state index >= 15 is 0 Å². The summed E-state index contributed by atoms with van der Waals surface area (Å²) in [5.41, 5.74) is -0.323. The summed E-state index contributed by atoms with van der Waals surface area (Å²) >= 11 is 1.86. The highest BCUT2D eigenvalue weighted by molar-refractivity contribution is 14.1. The number of hydrogen-bond acceptors (Lipinski definition) is 2. The lowest BCUT2D eigenvalue weighted by Crippen LogP contribution is -1.94. The minimum absolute atomic E-state index is 0.0252. The Hall–Kier alpha value is -0.770. The number of alkyl halides is 2. The molecule has 0 unspecified atom stereocenters. The van der Waals surface area contributed by atoms with Gasteiger partial charge < -0.3 is 0 Å². The van der Waals surface area contributed by atoms with Gasteiger partial charge in [0.1, 0.15) is 17.5 Å². The Kier molecular flexibility index (Phi) is 2.92. The van der Waals surface area contributed by atoms with E-state index in [9.17, 15) is 8.78 Å². The number of rotatable bonds is 1. The fourth-order valence-corrected chi connectivity index (χ4v) is 1.30. The van der Waals surface area contributed by atoms with Crippen molar-refractivity contribution in [2.24, 2.45) is 0 Å². The Labute approximate surface area is 81.4 Å². The highest BCUT2D eigenvalue weighted by Crippen LogP contribution is 2.18. The van der Waals surface area contributed by atoms with Gasteiger partial charge in [0.15, 0.2) is 0 Å². The number of nitriles is 1. The van der Waals surface area contributed by atoms with Crippen molar-refractivity contribution >= 4 is 22.6 Å². The molecule has 0 radical (unpaired) electrons. The molecule has 0 N–H and O–H groups in total. The highest BCUT2D eigenvalue weighted by Gasteiger charge is 2.10. The molecule has 0 bridgehead atoms. The van der Waals surface area contributed by atoms with Gasteiger partial charge in [-0.25, -0.2) is 13.8 Å². The molecule has 0 saturated carbocycles. The maximum Gasteiger partial charge on any atom is 0.280 e. The van der Waals surface area contributed by atoms with Gasteiger partial charge in [-0.15, -0.1) is 0 Å². The average Bonchev–Trinajstić information content (AvgIpc) is 2.03. The molecular weight excluding hydrogens is 277 g/mol. The van der Waals surface area contributed by atoms with Crippen molar-refractivity contribution in [2.75, 3.05) is 0 Å². The lowest BCUT2D eigenvalue weighted by molar-refractivity contribution is 0.146. The first-order valence-electron chi connectivity index (χ1n) is 2.99. The predicted octanol–water partition coefficient (Wildman–Crippen LogP) is 2.50. The van der Waals surface area contributed by atoms with Crippen molar-refractivity contribution in [3.05, 3.63) is 27.1 Å². The molecule has 12 heavy (non-hydrogen) atoms. The van der Waals surface area contributed by atoms with Gasteiger partial charge in [-0.05, 0) is 34.7 Å². The predicted molar refractivity (Wildman–Crippen MR) is 46.6 cm³/mol. The SMILES string of the molecule is N#Cc1cc(I)cc(C(F)F)n1. The highest BCUT2D eigenvalue weighted by atomic mass is 127. The number of pyridine rings is 1. The Balaban J connectivity index is 3.17. The smallest absolute Gasteiger partial charge is 0.236 e. The summed E-state index contributed by atoms with van der Waals surface area (Å²) in [6.45, 7) is 0. The molecule has 0 spiro atoms. The molecule has 1 rings (SSSR count). The van der Waals surface area contributed by atoms with E-state index in [1.165, 1.54) is 12.1 Å². The van der Waals surface area contributed by atoms with Crippen molar-refractivity contribution in [1.82, 2.24) is 4.98 Å². The van der Waals surface area contributed by atoms with Crippen molar-refractivity contribution in [3.63, 3.8) is 0 Å². The van der Waals surface area contributed by atoms with Crippen molar-refractivity contribution in [2.45, 2.75) is 6.43 Å². The third-order valence-corrected chi connectivity index (χ3v) is 1.77. The fourth-order valence-electron chi connectivity index (χ4n) is 0.686. The van der Waals surface area contributed by atoms with Gasteiger partial charge in [0.25, 0.3) is 6.43 Å². The van der Waals surface area contributed by atoms with E-state index in [1.54, 1.807) is 6.07 Å². The van der Waals surface area contributed by atoms with Gasteiger partial charge in [0.2, 0.25) is 0 Å². The molecule has 1 aromatic heterocycles. The average molecular weight is 280 g/mol. The summed E-state index contributed by atoms with van der Waals surface area (Å²) in [4.78, 5) is 3.44. The standard InChI is InChI=1S/C7H3F2IN2/c8-7(9)6-2-4(10)1-5(3-11)12-6/h1-2,7H. The van der Waals surface area contributed by atoms with E-state index in [2.05, 4.69) is 4.98 Å². The second kappa shape index (κ2) is 3.76. The molecule has 0 amide bonds. The Morgan fingerprint density at radius 3 is 2.67 bits per heavy atom. The van der Waals surface area contributed by atoms with E-state index < -0.39 is 6.43 Å². The fraction of sp³-hybridized carbons (Fsp3) is 0.143. The topological polar surface area (TPSA) is 36.7 Å². The zero-order valence-corrected chi connectivity index (χ0v) is 7.92. The number of nitrogens with zero attached hydrogens (tertiary/aromatic N) is 2. The van der Waals surface area contributed by atoms with Crippen LogP contribution in [0.2, 0.25) is 0 Å². The molecule has 0 aliphatic rings. The number of hydrogen-bond donors (Lipinski definition) is 0. The van der Waals surface area contributed by atoms with Gasteiger partial charge in [-0.1, -0.05) is 0 Å². The van der Waals surface area contributed by atoms with Crippen LogP contribution in [0, 0.1) is 14.9 Å². The summed E-state index contributed by atoms with van der Waals surface area (Å²) in [5, 5.41) is 8.41. The van der Waals surface area contributed by atoms with Crippen LogP contribution >= 0.6 is 22.6 Å². The van der Waals surface area contributed by atoms with Gasteiger partial charge in [0, 0.05) is 3.57 Å². The maximum atomic E-state index is 12.1. The summed E-state index contributed by atoms with van der Waals surface area (Å²) in [7, 11) is 0. The van der Waals surface area contributed by atoms with Crippen LogP contribution in [0.25, 0.3) is 0 Å². The minimum atomic E-state index is -2.62. The van der Waals surface area contributed by atoms with E-state index in [-0.39, 0.29) is 11.4 Å². The van der Waals surface area contributed by atoms with Crippen molar-refractivity contribution in [3.8, 4) is 6.07 Å². The molecule has 0 aromatic carbocycles. The van der Waals surface area contributed by atoms with Crippen molar-refractivity contribution in [1.29, 1.82) is 5.26 Å². The minimum Gasteiger partial charge on any atom is -0.236 e. The van der Waals surface area contributed by atoms with Crippen LogP contribution in [-0.4, -0.2) is 4.98 Å². The van der Waals surface area contributed by atoms with Gasteiger partial charge in [-0.2, -0.15) is 5.26 Å². The van der Waals surface area contributed by atoms with E-state index in [4.69, 9.17) is 5.26 Å². The van der Waals surface area contributed by atoms with Gasteiger partial charge >= 0.3 is 0 Å². The summed E-state index contributed by atoms with van der Waals surface area (Å²) in [6.07, 6.45) is -2.62. The molecule has 5 heteroatoms. The normalized spacial score (nSPS) is 9.92. The lowest BCUT2D eigenvalue weighted by Gasteiger charge is -1.99. The molecular formula is C7H3F2IN2. The first-order chi connectivity index (χ1) is 5.63. The quantitative estimate of drug-likeness (QED) is 0.741. The Bertz CT molecular complexity index is 333. The van der Waals surface area contributed by atoms with Crippen LogP contribution in [0.4, 0.5) is 8.78 Å². The summed E-state index contributed by atoms with van der Waals surface area (Å²) in [5.74, 6) is 0. The molecule has 0 saturated heterocycles. The number of aromatic nitrogens is 1. The summed E-state index contributed by atoms with van der Waals surface area (Å²) < 4.78 is 24.8. The molecule has 1 heterocycles. The summed E-state index contributed by atoms with van der Waals surface area (Å²) in [6, 6.07) is 4.42. The van der Waals surface area contributed by atoms with Crippen LogP contribution < -0.4 is 0 Å². The second-order valence-electron chi connectivity index (χ2n) is 2.01. The van der Waals surface area contributed by atoms with Gasteiger partial charge in [-0.3, -0.25) is 0 Å². The largest absolute Gasteiger partial charge is 0.280 e. The zero-order valence-electron chi connectivity index (χ0n) is 5.76. The van der Waals surface area contributed by atoms with Crippen LogP contribution in [0.3, 0.4) is 0 Å². The monoisotopic (exact) mass is 280 g/mol. The third-order valence-electron chi connectivity index (χ3n) is 1.15.